The zero-order valence-electron chi connectivity index (χ0n) is 15.4. The molecule has 2 aromatic heterocycles. The molecule has 1 saturated heterocycles. The van der Waals surface area contributed by atoms with Crippen molar-refractivity contribution in [1.29, 1.82) is 0 Å². The zero-order valence-corrected chi connectivity index (χ0v) is 15.4. The Morgan fingerprint density at radius 1 is 1.35 bits per heavy atom. The lowest BCUT2D eigenvalue weighted by Gasteiger charge is -2.34. The number of piperidine rings is 1. The zero-order chi connectivity index (χ0) is 18.1. The van der Waals surface area contributed by atoms with Crippen molar-refractivity contribution in [3.05, 3.63) is 29.7 Å². The molecule has 0 saturated carbocycles. The lowest BCUT2D eigenvalue weighted by molar-refractivity contribution is -0.138. The normalized spacial score (nSPS) is 20.7. The van der Waals surface area contributed by atoms with Gasteiger partial charge in [-0.1, -0.05) is 0 Å². The van der Waals surface area contributed by atoms with E-state index in [4.69, 9.17) is 9.72 Å². The van der Waals surface area contributed by atoms with Crippen molar-refractivity contribution in [2.75, 3.05) is 33.8 Å². The summed E-state index contributed by atoms with van der Waals surface area (Å²) in [6.45, 7) is 3.32. The predicted molar refractivity (Wildman–Crippen MR) is 97.7 cm³/mol. The van der Waals surface area contributed by atoms with Crippen LogP contribution < -0.4 is 4.74 Å². The van der Waals surface area contributed by atoms with E-state index in [0.717, 1.165) is 61.7 Å². The highest BCUT2D eigenvalue weighted by molar-refractivity contribution is 5.79. The Bertz CT molecular complexity index is 786. The van der Waals surface area contributed by atoms with Crippen molar-refractivity contribution in [2.24, 2.45) is 5.92 Å². The average Bonchev–Trinajstić information content (AvgIpc) is 3.10. The molecule has 2 aliphatic rings. The van der Waals surface area contributed by atoms with Crippen molar-refractivity contribution in [2.45, 2.75) is 25.8 Å². The van der Waals surface area contributed by atoms with Gasteiger partial charge >= 0.3 is 0 Å². The number of aromatic amines is 1. The van der Waals surface area contributed by atoms with Gasteiger partial charge in [-0.25, -0.2) is 9.97 Å². The van der Waals surface area contributed by atoms with Crippen LogP contribution in [0.15, 0.2) is 18.3 Å². The van der Waals surface area contributed by atoms with E-state index in [2.05, 4.69) is 21.9 Å². The number of fused-ring (bicyclic) bond motifs is 1. The van der Waals surface area contributed by atoms with Gasteiger partial charge in [0.05, 0.1) is 31.0 Å². The molecule has 1 unspecified atom stereocenters. The van der Waals surface area contributed by atoms with Gasteiger partial charge in [0, 0.05) is 37.3 Å². The predicted octanol–water partition coefficient (Wildman–Crippen LogP) is 1.71. The second-order valence-electron chi connectivity index (χ2n) is 7.21. The molecule has 0 aromatic carbocycles. The van der Waals surface area contributed by atoms with Crippen LogP contribution in [0.3, 0.4) is 0 Å². The molecule has 7 heteroatoms. The Labute approximate surface area is 153 Å². The summed E-state index contributed by atoms with van der Waals surface area (Å²) >= 11 is 0. The maximum atomic E-state index is 12.9. The van der Waals surface area contributed by atoms with Crippen LogP contribution in [0.5, 0.6) is 5.88 Å². The third-order valence-electron chi connectivity index (χ3n) is 5.34. The summed E-state index contributed by atoms with van der Waals surface area (Å²) in [5.74, 6) is 1.80. The van der Waals surface area contributed by atoms with Crippen molar-refractivity contribution < 1.29 is 9.53 Å². The number of H-pyrrole nitrogens is 1. The number of likely N-dealkylation sites (tertiary alicyclic amines) is 1. The lowest BCUT2D eigenvalue weighted by Crippen LogP contribution is -2.45. The molecule has 2 aliphatic heterocycles. The molecule has 0 spiro atoms. The number of aromatic nitrogens is 3. The topological polar surface area (TPSA) is 74.3 Å². The number of rotatable bonds is 3. The van der Waals surface area contributed by atoms with E-state index in [1.54, 1.807) is 13.3 Å². The molecule has 26 heavy (non-hydrogen) atoms. The summed E-state index contributed by atoms with van der Waals surface area (Å²) in [5, 5.41) is 0. The Hall–Kier alpha value is -2.41. The number of methoxy groups -OCH3 is 1. The van der Waals surface area contributed by atoms with E-state index >= 15 is 0 Å². The Morgan fingerprint density at radius 3 is 2.96 bits per heavy atom. The lowest BCUT2D eigenvalue weighted by atomic mass is 9.96. The minimum atomic E-state index is 0.128. The molecule has 1 N–H and O–H groups in total. The van der Waals surface area contributed by atoms with Crippen LogP contribution >= 0.6 is 0 Å². The molecule has 4 heterocycles. The quantitative estimate of drug-likeness (QED) is 0.907. The second kappa shape index (κ2) is 7.07. The molecule has 138 valence electrons. The number of nitrogens with zero attached hydrogens (tertiary/aromatic N) is 4. The van der Waals surface area contributed by atoms with Crippen LogP contribution in [-0.4, -0.2) is 64.5 Å². The third kappa shape index (κ3) is 3.31. The number of ether oxygens (including phenoxy) is 1. The monoisotopic (exact) mass is 355 g/mol. The highest BCUT2D eigenvalue weighted by Crippen LogP contribution is 2.25. The molecular formula is C19H25N5O2. The molecule has 2 aromatic rings. The fourth-order valence-corrected chi connectivity index (χ4v) is 3.89. The Morgan fingerprint density at radius 2 is 2.23 bits per heavy atom. The molecule has 1 atom stereocenters. The minimum absolute atomic E-state index is 0.128. The number of hydrogen-bond donors (Lipinski definition) is 1. The van der Waals surface area contributed by atoms with Gasteiger partial charge in [0.2, 0.25) is 11.8 Å². The summed E-state index contributed by atoms with van der Waals surface area (Å²) in [7, 11) is 3.70. The molecule has 0 aliphatic carbocycles. The molecule has 1 fully saturated rings. The summed E-state index contributed by atoms with van der Waals surface area (Å²) in [4.78, 5) is 29.5. The minimum Gasteiger partial charge on any atom is -0.481 e. The van der Waals surface area contributed by atoms with Crippen molar-refractivity contribution >= 4 is 5.91 Å². The number of imidazole rings is 1. The summed E-state index contributed by atoms with van der Waals surface area (Å²) in [6.07, 6.45) is 4.65. The van der Waals surface area contributed by atoms with E-state index in [1.165, 1.54) is 0 Å². The van der Waals surface area contributed by atoms with Gasteiger partial charge in [-0.05, 0) is 32.5 Å². The molecule has 0 bridgehead atoms. The highest BCUT2D eigenvalue weighted by Gasteiger charge is 2.31. The van der Waals surface area contributed by atoms with Gasteiger partial charge in [0.15, 0.2) is 0 Å². The molecule has 4 rings (SSSR count). The number of nitrogens with one attached hydrogen (secondary N) is 1. The first-order valence-electron chi connectivity index (χ1n) is 9.19. The standard InChI is InChI=1S/C19H25N5O2/c1-23-8-3-4-14(11-23)19(25)24-9-7-15-16(12-24)22-18(21-15)13-5-6-17(26-2)20-10-13/h5-6,10,14H,3-4,7-9,11-12H2,1-2H3,(H,21,22). The van der Waals surface area contributed by atoms with Gasteiger partial charge in [-0.3, -0.25) is 4.79 Å². The van der Waals surface area contributed by atoms with Crippen LogP contribution in [0.4, 0.5) is 0 Å². The first-order chi connectivity index (χ1) is 12.6. The SMILES string of the molecule is COc1ccc(-c2nc3c([nH]2)CN(C(=O)C2CCCN(C)C2)CC3)cn1. The van der Waals surface area contributed by atoms with Gasteiger partial charge in [0.1, 0.15) is 5.82 Å². The maximum Gasteiger partial charge on any atom is 0.227 e. The first-order valence-corrected chi connectivity index (χ1v) is 9.19. The largest absolute Gasteiger partial charge is 0.481 e. The number of hydrogen-bond acceptors (Lipinski definition) is 5. The first kappa shape index (κ1) is 17.0. The smallest absolute Gasteiger partial charge is 0.227 e. The number of amides is 1. The molecular weight excluding hydrogens is 330 g/mol. The van der Waals surface area contributed by atoms with Gasteiger partial charge in [0.25, 0.3) is 0 Å². The number of carbonyl (C=O) groups is 1. The fraction of sp³-hybridized carbons (Fsp3) is 0.526. The Balaban J connectivity index is 1.48. The van der Waals surface area contributed by atoms with Gasteiger partial charge < -0.3 is 19.5 Å². The molecule has 1 amide bonds. The van der Waals surface area contributed by atoms with Crippen LogP contribution in [0.2, 0.25) is 0 Å². The van der Waals surface area contributed by atoms with Crippen molar-refractivity contribution in [3.63, 3.8) is 0 Å². The summed E-state index contributed by atoms with van der Waals surface area (Å²) in [6, 6.07) is 3.77. The average molecular weight is 355 g/mol. The van der Waals surface area contributed by atoms with E-state index in [0.29, 0.717) is 12.4 Å². The molecule has 0 radical (unpaired) electrons. The van der Waals surface area contributed by atoms with Crippen LogP contribution in [0.1, 0.15) is 24.2 Å². The van der Waals surface area contributed by atoms with Gasteiger partial charge in [-0.2, -0.15) is 0 Å². The summed E-state index contributed by atoms with van der Waals surface area (Å²) < 4.78 is 5.10. The molecule has 7 nitrogen and oxygen atoms in total. The second-order valence-corrected chi connectivity index (χ2v) is 7.21. The summed E-state index contributed by atoms with van der Waals surface area (Å²) in [5.41, 5.74) is 3.02. The van der Waals surface area contributed by atoms with E-state index in [9.17, 15) is 4.79 Å². The third-order valence-corrected chi connectivity index (χ3v) is 5.34. The highest BCUT2D eigenvalue weighted by atomic mass is 16.5. The van der Waals surface area contributed by atoms with Gasteiger partial charge in [-0.15, -0.1) is 0 Å². The van der Waals surface area contributed by atoms with Crippen molar-refractivity contribution in [3.8, 4) is 17.3 Å². The van der Waals surface area contributed by atoms with Crippen LogP contribution in [0, 0.1) is 5.92 Å². The van der Waals surface area contributed by atoms with Crippen LogP contribution in [0.25, 0.3) is 11.4 Å². The van der Waals surface area contributed by atoms with Crippen molar-refractivity contribution in [1.82, 2.24) is 24.8 Å². The van der Waals surface area contributed by atoms with Crippen LogP contribution in [-0.2, 0) is 17.8 Å². The number of pyridine rings is 1. The fourth-order valence-electron chi connectivity index (χ4n) is 3.89. The van der Waals surface area contributed by atoms with E-state index in [-0.39, 0.29) is 11.8 Å². The maximum absolute atomic E-state index is 12.9. The number of carbonyl (C=O) groups excluding carboxylic acids is 1. The van der Waals surface area contributed by atoms with E-state index in [1.807, 2.05) is 17.0 Å². The van der Waals surface area contributed by atoms with E-state index < -0.39 is 0 Å². The Kier molecular flexibility index (Phi) is 4.63.